The van der Waals surface area contributed by atoms with Crippen LogP contribution < -0.4 is 5.48 Å². The van der Waals surface area contributed by atoms with Crippen LogP contribution >= 0.6 is 0 Å². The molecule has 1 aromatic heterocycles. The second-order valence-corrected chi connectivity index (χ2v) is 3.51. The summed E-state index contributed by atoms with van der Waals surface area (Å²) in [6.07, 6.45) is 1.43. The molecule has 0 aromatic carbocycles. The lowest BCUT2D eigenvalue weighted by molar-refractivity contribution is 0.0203. The predicted molar refractivity (Wildman–Crippen MR) is 54.2 cm³/mol. The average molecular weight is 210 g/mol. The number of carbonyl (C=O) groups is 1. The van der Waals surface area contributed by atoms with E-state index in [4.69, 9.17) is 4.84 Å². The molecule has 1 heterocycles. The van der Waals surface area contributed by atoms with Crippen LogP contribution in [-0.2, 0) is 4.84 Å². The van der Waals surface area contributed by atoms with Gasteiger partial charge in [-0.05, 0) is 18.1 Å². The summed E-state index contributed by atoms with van der Waals surface area (Å²) in [7, 11) is 0. The molecule has 5 nitrogen and oxygen atoms in total. The maximum atomic E-state index is 11.4. The molecule has 5 heteroatoms. The Bertz CT molecular complexity index is 339. The Morgan fingerprint density at radius 2 is 2.40 bits per heavy atom. The van der Waals surface area contributed by atoms with E-state index in [9.17, 15) is 9.90 Å². The number of hydroxylamine groups is 1. The van der Waals surface area contributed by atoms with E-state index in [1.807, 2.05) is 13.8 Å². The van der Waals surface area contributed by atoms with E-state index in [1.165, 1.54) is 12.3 Å². The molecule has 1 aromatic rings. The molecule has 0 radical (unpaired) electrons. The SMILES string of the molecule is CC(C)CONC(=O)c1ncccc1O. The Labute approximate surface area is 88.0 Å². The zero-order valence-electron chi connectivity index (χ0n) is 8.73. The molecule has 0 aliphatic rings. The zero-order chi connectivity index (χ0) is 11.3. The van der Waals surface area contributed by atoms with Crippen LogP contribution in [0.25, 0.3) is 0 Å². The Balaban J connectivity index is 2.51. The smallest absolute Gasteiger partial charge is 0.297 e. The summed E-state index contributed by atoms with van der Waals surface area (Å²) in [4.78, 5) is 20.0. The molecule has 0 unspecified atom stereocenters. The fourth-order valence-corrected chi connectivity index (χ4v) is 0.894. The van der Waals surface area contributed by atoms with Crippen LogP contribution in [0.15, 0.2) is 18.3 Å². The third-order valence-electron chi connectivity index (χ3n) is 1.58. The van der Waals surface area contributed by atoms with Crippen molar-refractivity contribution in [3.8, 4) is 5.75 Å². The number of hydrogen-bond donors (Lipinski definition) is 2. The van der Waals surface area contributed by atoms with Crippen LogP contribution in [0, 0.1) is 5.92 Å². The standard InChI is InChI=1S/C10H14N2O3/c1-7(2)6-15-12-10(14)9-8(13)4-3-5-11-9/h3-5,7,13H,6H2,1-2H3,(H,12,14). The molecule has 15 heavy (non-hydrogen) atoms. The van der Waals surface area contributed by atoms with Gasteiger partial charge in [-0.1, -0.05) is 13.8 Å². The van der Waals surface area contributed by atoms with Crippen molar-refractivity contribution in [1.82, 2.24) is 10.5 Å². The highest BCUT2D eigenvalue weighted by molar-refractivity contribution is 5.93. The van der Waals surface area contributed by atoms with Crippen molar-refractivity contribution < 1.29 is 14.7 Å². The number of pyridine rings is 1. The minimum absolute atomic E-state index is 0.0405. The van der Waals surface area contributed by atoms with Gasteiger partial charge in [0.2, 0.25) is 0 Å². The Hall–Kier alpha value is -1.62. The summed E-state index contributed by atoms with van der Waals surface area (Å²) >= 11 is 0. The highest BCUT2D eigenvalue weighted by Crippen LogP contribution is 2.11. The molecule has 0 spiro atoms. The van der Waals surface area contributed by atoms with Gasteiger partial charge >= 0.3 is 0 Å². The number of nitrogens with one attached hydrogen (secondary N) is 1. The van der Waals surface area contributed by atoms with Crippen molar-refractivity contribution in [2.75, 3.05) is 6.61 Å². The maximum Gasteiger partial charge on any atom is 0.297 e. The quantitative estimate of drug-likeness (QED) is 0.730. The van der Waals surface area contributed by atoms with E-state index in [2.05, 4.69) is 10.5 Å². The Kier molecular flexibility index (Phi) is 4.05. The van der Waals surface area contributed by atoms with Crippen molar-refractivity contribution in [3.05, 3.63) is 24.0 Å². The first kappa shape index (κ1) is 11.5. The molecule has 1 rings (SSSR count). The lowest BCUT2D eigenvalue weighted by Crippen LogP contribution is -2.26. The second-order valence-electron chi connectivity index (χ2n) is 3.51. The Morgan fingerprint density at radius 1 is 1.67 bits per heavy atom. The van der Waals surface area contributed by atoms with Gasteiger partial charge in [-0.15, -0.1) is 0 Å². The van der Waals surface area contributed by atoms with E-state index in [1.54, 1.807) is 6.07 Å². The third-order valence-corrected chi connectivity index (χ3v) is 1.58. The summed E-state index contributed by atoms with van der Waals surface area (Å²) in [6.45, 7) is 4.34. The second kappa shape index (κ2) is 5.31. The fourth-order valence-electron chi connectivity index (χ4n) is 0.894. The summed E-state index contributed by atoms with van der Waals surface area (Å²) in [5.41, 5.74) is 2.17. The molecule has 1 amide bonds. The van der Waals surface area contributed by atoms with E-state index < -0.39 is 5.91 Å². The maximum absolute atomic E-state index is 11.4. The van der Waals surface area contributed by atoms with Crippen molar-refractivity contribution in [3.63, 3.8) is 0 Å². The van der Waals surface area contributed by atoms with E-state index in [-0.39, 0.29) is 11.4 Å². The van der Waals surface area contributed by atoms with Gasteiger partial charge in [0.1, 0.15) is 5.75 Å². The molecule has 0 atom stereocenters. The number of aromatic hydroxyl groups is 1. The third kappa shape index (κ3) is 3.55. The highest BCUT2D eigenvalue weighted by atomic mass is 16.7. The van der Waals surface area contributed by atoms with Crippen molar-refractivity contribution in [2.24, 2.45) is 5.92 Å². The van der Waals surface area contributed by atoms with Gasteiger partial charge in [-0.3, -0.25) is 9.63 Å². The number of hydrogen-bond acceptors (Lipinski definition) is 4. The van der Waals surface area contributed by atoms with Crippen molar-refractivity contribution in [2.45, 2.75) is 13.8 Å². The first-order valence-corrected chi connectivity index (χ1v) is 4.67. The molecule has 0 aliphatic heterocycles. The molecule has 0 bridgehead atoms. The van der Waals surface area contributed by atoms with Crippen LogP contribution in [0.5, 0.6) is 5.75 Å². The normalized spacial score (nSPS) is 10.3. The number of aromatic nitrogens is 1. The molecule has 82 valence electrons. The first-order valence-electron chi connectivity index (χ1n) is 4.67. The molecular weight excluding hydrogens is 196 g/mol. The van der Waals surface area contributed by atoms with Crippen molar-refractivity contribution in [1.29, 1.82) is 0 Å². The monoisotopic (exact) mass is 210 g/mol. The summed E-state index contributed by atoms with van der Waals surface area (Å²) in [5, 5.41) is 9.31. The van der Waals surface area contributed by atoms with Crippen molar-refractivity contribution >= 4 is 5.91 Å². The van der Waals surface area contributed by atoms with Gasteiger partial charge in [0.25, 0.3) is 5.91 Å². The van der Waals surface area contributed by atoms with Gasteiger partial charge in [0.05, 0.1) is 6.61 Å². The van der Waals surface area contributed by atoms with Crippen LogP contribution in [0.1, 0.15) is 24.3 Å². The lowest BCUT2D eigenvalue weighted by Gasteiger charge is -2.07. The van der Waals surface area contributed by atoms with Crippen LogP contribution in [0.4, 0.5) is 0 Å². The van der Waals surface area contributed by atoms with Crippen LogP contribution in [0.3, 0.4) is 0 Å². The van der Waals surface area contributed by atoms with E-state index in [0.29, 0.717) is 12.5 Å². The fraction of sp³-hybridized carbons (Fsp3) is 0.400. The number of rotatable bonds is 4. The van der Waals surface area contributed by atoms with Crippen LogP contribution in [0.2, 0.25) is 0 Å². The summed E-state index contributed by atoms with van der Waals surface area (Å²) < 4.78 is 0. The molecule has 0 aliphatic carbocycles. The van der Waals surface area contributed by atoms with E-state index in [0.717, 1.165) is 0 Å². The van der Waals surface area contributed by atoms with E-state index >= 15 is 0 Å². The number of carbonyl (C=O) groups excluding carboxylic acids is 1. The molecule has 2 N–H and O–H groups in total. The first-order chi connectivity index (χ1) is 7.11. The highest BCUT2D eigenvalue weighted by Gasteiger charge is 2.11. The average Bonchev–Trinajstić information content (AvgIpc) is 2.17. The van der Waals surface area contributed by atoms with Gasteiger partial charge in [0.15, 0.2) is 5.69 Å². The van der Waals surface area contributed by atoms with Gasteiger partial charge < -0.3 is 5.11 Å². The lowest BCUT2D eigenvalue weighted by atomic mass is 10.2. The number of nitrogens with zero attached hydrogens (tertiary/aromatic N) is 1. The Morgan fingerprint density at radius 3 is 3.00 bits per heavy atom. The molecule has 0 saturated carbocycles. The van der Waals surface area contributed by atoms with Gasteiger partial charge in [-0.25, -0.2) is 10.5 Å². The zero-order valence-corrected chi connectivity index (χ0v) is 8.73. The van der Waals surface area contributed by atoms with Gasteiger partial charge in [0, 0.05) is 6.20 Å². The topological polar surface area (TPSA) is 71.5 Å². The molecule has 0 saturated heterocycles. The summed E-state index contributed by atoms with van der Waals surface area (Å²) in [6, 6.07) is 2.94. The minimum atomic E-state index is -0.547. The van der Waals surface area contributed by atoms with Gasteiger partial charge in [-0.2, -0.15) is 0 Å². The number of amides is 1. The predicted octanol–water partition coefficient (Wildman–Crippen LogP) is 1.10. The minimum Gasteiger partial charge on any atom is -0.505 e. The molecule has 0 fully saturated rings. The van der Waals surface area contributed by atoms with Crippen LogP contribution in [-0.4, -0.2) is 22.6 Å². The summed E-state index contributed by atoms with van der Waals surface area (Å²) in [5.74, 6) is -0.389. The molecular formula is C10H14N2O3. The largest absolute Gasteiger partial charge is 0.505 e.